The van der Waals surface area contributed by atoms with E-state index in [1.807, 2.05) is 0 Å². The van der Waals surface area contributed by atoms with Crippen LogP contribution in [0.4, 0.5) is 11.5 Å². The smallest absolute Gasteiger partial charge is 0.172 e. The van der Waals surface area contributed by atoms with Gasteiger partial charge in [-0.25, -0.2) is 9.97 Å². The molecule has 0 fully saturated rings. The summed E-state index contributed by atoms with van der Waals surface area (Å²) < 4.78 is 0. The molecule has 0 bridgehead atoms. The number of benzene rings is 1. The number of aromatic nitrogens is 2. The maximum Gasteiger partial charge on any atom is 0.172 e. The Balaban J connectivity index is 2.56. The van der Waals surface area contributed by atoms with Crippen molar-refractivity contribution in [2.45, 2.75) is 0 Å². The highest BCUT2D eigenvalue weighted by molar-refractivity contribution is 6.33. The molecule has 2 rings (SSSR count). The number of nitrogens with two attached hydrogens (primary N) is 2. The quantitative estimate of drug-likeness (QED) is 0.624. The van der Waals surface area contributed by atoms with E-state index in [0.717, 1.165) is 0 Å². The first kappa shape index (κ1) is 11.3. The molecule has 2 aromatic rings. The minimum absolute atomic E-state index is 0.0929. The number of nitrogen functional groups attached to an aromatic ring is 2. The van der Waals surface area contributed by atoms with Crippen LogP contribution in [0.2, 0.25) is 5.02 Å². The van der Waals surface area contributed by atoms with Crippen molar-refractivity contribution in [3.63, 3.8) is 0 Å². The first-order valence-corrected chi connectivity index (χ1v) is 5.12. The van der Waals surface area contributed by atoms with Gasteiger partial charge in [-0.1, -0.05) is 11.6 Å². The molecule has 86 valence electrons. The lowest BCUT2D eigenvalue weighted by molar-refractivity contribution is 0.111. The lowest BCUT2D eigenvalue weighted by Crippen LogP contribution is -2.01. The molecule has 0 atom stereocenters. The van der Waals surface area contributed by atoms with E-state index in [9.17, 15) is 4.79 Å². The van der Waals surface area contributed by atoms with Gasteiger partial charge in [0.25, 0.3) is 0 Å². The number of halogens is 1. The standard InChI is InChI=1S/C11H9ClN4O/c12-8-3-6(13)1-2-7(8)9-4-15-11(14)10(5-17)16-9/h1-5H,13H2,(H2,14,15). The first-order valence-electron chi connectivity index (χ1n) is 4.75. The summed E-state index contributed by atoms with van der Waals surface area (Å²) in [6, 6.07) is 5.02. The molecule has 4 N–H and O–H groups in total. The van der Waals surface area contributed by atoms with E-state index < -0.39 is 0 Å². The fourth-order valence-corrected chi connectivity index (χ4v) is 1.65. The molecule has 0 saturated carbocycles. The molecule has 1 aromatic heterocycles. The van der Waals surface area contributed by atoms with Gasteiger partial charge < -0.3 is 11.5 Å². The van der Waals surface area contributed by atoms with Gasteiger partial charge in [-0.05, 0) is 18.2 Å². The van der Waals surface area contributed by atoms with Gasteiger partial charge in [-0.15, -0.1) is 0 Å². The Kier molecular flexibility index (Phi) is 2.93. The predicted octanol–water partition coefficient (Wildman–Crippen LogP) is 1.77. The van der Waals surface area contributed by atoms with Crippen LogP contribution in [-0.4, -0.2) is 16.3 Å². The summed E-state index contributed by atoms with van der Waals surface area (Å²) in [6.07, 6.45) is 2.01. The molecule has 5 nitrogen and oxygen atoms in total. The summed E-state index contributed by atoms with van der Waals surface area (Å²) in [6.45, 7) is 0. The molecule has 0 radical (unpaired) electrons. The number of anilines is 2. The van der Waals surface area contributed by atoms with Gasteiger partial charge in [0, 0.05) is 11.3 Å². The lowest BCUT2D eigenvalue weighted by atomic mass is 10.1. The zero-order valence-corrected chi connectivity index (χ0v) is 9.48. The van der Waals surface area contributed by atoms with Gasteiger partial charge in [0.1, 0.15) is 5.69 Å². The fraction of sp³-hybridized carbons (Fsp3) is 0. The van der Waals surface area contributed by atoms with Crippen molar-refractivity contribution < 1.29 is 4.79 Å². The third kappa shape index (κ3) is 2.19. The van der Waals surface area contributed by atoms with Crippen molar-refractivity contribution >= 4 is 29.4 Å². The second-order valence-electron chi connectivity index (χ2n) is 3.38. The SMILES string of the molecule is Nc1ccc(-c2cnc(N)c(C=O)n2)c(Cl)c1. The number of nitrogens with zero attached hydrogens (tertiary/aromatic N) is 2. The van der Waals surface area contributed by atoms with Crippen molar-refractivity contribution in [2.75, 3.05) is 11.5 Å². The number of rotatable bonds is 2. The number of hydrogen-bond acceptors (Lipinski definition) is 5. The topological polar surface area (TPSA) is 94.9 Å². The largest absolute Gasteiger partial charge is 0.399 e. The van der Waals surface area contributed by atoms with Crippen LogP contribution in [0.15, 0.2) is 24.4 Å². The molecule has 1 aromatic carbocycles. The van der Waals surface area contributed by atoms with Gasteiger partial charge in [0.05, 0.1) is 16.9 Å². The second kappa shape index (κ2) is 4.39. The van der Waals surface area contributed by atoms with E-state index in [4.69, 9.17) is 23.1 Å². The Morgan fingerprint density at radius 3 is 2.71 bits per heavy atom. The van der Waals surface area contributed by atoms with Crippen LogP contribution in [0.5, 0.6) is 0 Å². The van der Waals surface area contributed by atoms with Crippen LogP contribution >= 0.6 is 11.6 Å². The molecule has 1 heterocycles. The highest BCUT2D eigenvalue weighted by atomic mass is 35.5. The second-order valence-corrected chi connectivity index (χ2v) is 3.79. The molecular formula is C11H9ClN4O. The van der Waals surface area contributed by atoms with Crippen LogP contribution in [0.25, 0.3) is 11.3 Å². The fourth-order valence-electron chi connectivity index (χ4n) is 1.37. The van der Waals surface area contributed by atoms with Crippen molar-refractivity contribution in [3.8, 4) is 11.3 Å². The maximum atomic E-state index is 10.7. The molecule has 0 aliphatic heterocycles. The van der Waals surface area contributed by atoms with Gasteiger partial charge in [0.2, 0.25) is 0 Å². The van der Waals surface area contributed by atoms with E-state index in [1.54, 1.807) is 18.2 Å². The Bertz CT molecular complexity index is 586. The average Bonchev–Trinajstić information content (AvgIpc) is 2.30. The van der Waals surface area contributed by atoms with Crippen LogP contribution in [0.1, 0.15) is 10.5 Å². The molecule has 0 aliphatic carbocycles. The monoisotopic (exact) mass is 248 g/mol. The third-order valence-corrected chi connectivity index (χ3v) is 2.52. The van der Waals surface area contributed by atoms with Crippen molar-refractivity contribution in [1.29, 1.82) is 0 Å². The first-order chi connectivity index (χ1) is 8.11. The van der Waals surface area contributed by atoms with E-state index in [0.29, 0.717) is 28.3 Å². The van der Waals surface area contributed by atoms with Gasteiger partial charge >= 0.3 is 0 Å². The van der Waals surface area contributed by atoms with E-state index in [2.05, 4.69) is 9.97 Å². The Morgan fingerprint density at radius 2 is 2.06 bits per heavy atom. The van der Waals surface area contributed by atoms with E-state index >= 15 is 0 Å². The minimum Gasteiger partial charge on any atom is -0.399 e. The number of aldehydes is 1. The summed E-state index contributed by atoms with van der Waals surface area (Å²) in [5, 5.41) is 0.445. The summed E-state index contributed by atoms with van der Waals surface area (Å²) in [7, 11) is 0. The number of carbonyl (C=O) groups excluding carboxylic acids is 1. The van der Waals surface area contributed by atoms with Crippen LogP contribution in [0, 0.1) is 0 Å². The van der Waals surface area contributed by atoms with Crippen LogP contribution in [-0.2, 0) is 0 Å². The van der Waals surface area contributed by atoms with Crippen LogP contribution in [0.3, 0.4) is 0 Å². The average molecular weight is 249 g/mol. The molecular weight excluding hydrogens is 240 g/mol. The van der Waals surface area contributed by atoms with Crippen molar-refractivity contribution in [1.82, 2.24) is 9.97 Å². The summed E-state index contributed by atoms with van der Waals surface area (Å²) in [4.78, 5) is 18.7. The Morgan fingerprint density at radius 1 is 1.29 bits per heavy atom. The molecule has 0 aliphatic rings. The van der Waals surface area contributed by atoms with Crippen molar-refractivity contribution in [3.05, 3.63) is 35.1 Å². The molecule has 0 amide bonds. The Hall–Kier alpha value is -2.14. The zero-order chi connectivity index (χ0) is 12.4. The number of hydrogen-bond donors (Lipinski definition) is 2. The van der Waals surface area contributed by atoms with Gasteiger partial charge in [-0.2, -0.15) is 0 Å². The summed E-state index contributed by atoms with van der Waals surface area (Å²) in [5.74, 6) is 0.0929. The van der Waals surface area contributed by atoms with Gasteiger partial charge in [-0.3, -0.25) is 4.79 Å². The maximum absolute atomic E-state index is 10.7. The lowest BCUT2D eigenvalue weighted by Gasteiger charge is -2.05. The third-order valence-electron chi connectivity index (χ3n) is 2.21. The molecule has 0 unspecified atom stereocenters. The molecule has 0 saturated heterocycles. The van der Waals surface area contributed by atoms with Gasteiger partial charge in [0.15, 0.2) is 12.1 Å². The number of carbonyl (C=O) groups is 1. The summed E-state index contributed by atoms with van der Waals surface area (Å²) >= 11 is 6.03. The Labute approximate surface area is 102 Å². The zero-order valence-electron chi connectivity index (χ0n) is 8.72. The van der Waals surface area contributed by atoms with E-state index in [-0.39, 0.29) is 11.5 Å². The highest BCUT2D eigenvalue weighted by Gasteiger charge is 2.09. The van der Waals surface area contributed by atoms with Crippen LogP contribution < -0.4 is 11.5 Å². The molecule has 17 heavy (non-hydrogen) atoms. The molecule has 6 heteroatoms. The molecule has 0 spiro atoms. The normalized spacial score (nSPS) is 10.2. The minimum atomic E-state index is 0.0929. The predicted molar refractivity (Wildman–Crippen MR) is 66.7 cm³/mol. The highest BCUT2D eigenvalue weighted by Crippen LogP contribution is 2.28. The summed E-state index contributed by atoms with van der Waals surface area (Å²) in [5.41, 5.74) is 12.8. The van der Waals surface area contributed by atoms with E-state index in [1.165, 1.54) is 6.20 Å². The van der Waals surface area contributed by atoms with Crippen molar-refractivity contribution in [2.24, 2.45) is 0 Å².